The molecule has 0 aromatic heterocycles. The van der Waals surface area contributed by atoms with Crippen molar-refractivity contribution in [3.63, 3.8) is 0 Å². The van der Waals surface area contributed by atoms with Crippen molar-refractivity contribution >= 4 is 33.4 Å². The summed E-state index contributed by atoms with van der Waals surface area (Å²) in [6, 6.07) is 11.6. The van der Waals surface area contributed by atoms with Crippen molar-refractivity contribution in [2.24, 2.45) is 0 Å². The molecule has 2 aromatic rings. The Hall–Kier alpha value is -2.84. The number of ketones is 1. The van der Waals surface area contributed by atoms with Gasteiger partial charge < -0.3 is 24.4 Å². The molecule has 0 spiro atoms. The molecule has 0 bridgehead atoms. The SMILES string of the molecule is COc1ccc(/C(O)=C2\C(=O)C(=O)N(CCCN(C)C)[C@@H]2c2cccc(Br)c2)cc1OC. The Bertz CT molecular complexity index is 1050. The Balaban J connectivity index is 2.12. The van der Waals surface area contributed by atoms with E-state index in [4.69, 9.17) is 9.47 Å². The van der Waals surface area contributed by atoms with Crippen LogP contribution in [0.3, 0.4) is 0 Å². The monoisotopic (exact) mass is 502 g/mol. The van der Waals surface area contributed by atoms with E-state index in [1.165, 1.54) is 14.2 Å². The second-order valence-electron chi connectivity index (χ2n) is 7.77. The van der Waals surface area contributed by atoms with Crippen LogP contribution in [0.5, 0.6) is 11.5 Å². The van der Waals surface area contributed by atoms with Gasteiger partial charge in [-0.3, -0.25) is 9.59 Å². The predicted molar refractivity (Wildman–Crippen MR) is 126 cm³/mol. The van der Waals surface area contributed by atoms with Crippen LogP contribution in [0, 0.1) is 0 Å². The van der Waals surface area contributed by atoms with E-state index in [0.717, 1.165) is 16.6 Å². The van der Waals surface area contributed by atoms with Crippen molar-refractivity contribution in [2.45, 2.75) is 12.5 Å². The summed E-state index contributed by atoms with van der Waals surface area (Å²) in [4.78, 5) is 29.6. The Morgan fingerprint density at radius 1 is 1.09 bits per heavy atom. The topological polar surface area (TPSA) is 79.3 Å². The number of aliphatic hydroxyl groups excluding tert-OH is 1. The van der Waals surface area contributed by atoms with Crippen molar-refractivity contribution in [1.29, 1.82) is 0 Å². The number of amides is 1. The van der Waals surface area contributed by atoms with Gasteiger partial charge in [0.05, 0.1) is 25.8 Å². The number of benzene rings is 2. The molecule has 170 valence electrons. The van der Waals surface area contributed by atoms with Crippen molar-refractivity contribution in [2.75, 3.05) is 41.4 Å². The van der Waals surface area contributed by atoms with E-state index in [1.54, 1.807) is 23.1 Å². The smallest absolute Gasteiger partial charge is 0.295 e. The number of methoxy groups -OCH3 is 2. The maximum Gasteiger partial charge on any atom is 0.295 e. The van der Waals surface area contributed by atoms with Gasteiger partial charge in [0.2, 0.25) is 0 Å². The van der Waals surface area contributed by atoms with E-state index in [2.05, 4.69) is 15.9 Å². The van der Waals surface area contributed by atoms with Gasteiger partial charge in [0.15, 0.2) is 11.5 Å². The van der Waals surface area contributed by atoms with Crippen LogP contribution < -0.4 is 9.47 Å². The molecule has 2 aromatic carbocycles. The zero-order valence-corrected chi connectivity index (χ0v) is 20.2. The molecule has 8 heteroatoms. The van der Waals surface area contributed by atoms with Gasteiger partial charge in [-0.2, -0.15) is 0 Å². The second-order valence-corrected chi connectivity index (χ2v) is 8.69. The summed E-state index contributed by atoms with van der Waals surface area (Å²) >= 11 is 3.46. The second kappa shape index (κ2) is 10.2. The number of nitrogens with zero attached hydrogens (tertiary/aromatic N) is 2. The van der Waals surface area contributed by atoms with E-state index < -0.39 is 17.7 Å². The van der Waals surface area contributed by atoms with Gasteiger partial charge >= 0.3 is 0 Å². The number of aliphatic hydroxyl groups is 1. The third-order valence-corrected chi connectivity index (χ3v) is 5.86. The van der Waals surface area contributed by atoms with Crippen LogP contribution >= 0.6 is 15.9 Å². The Kier molecular flexibility index (Phi) is 7.58. The van der Waals surface area contributed by atoms with Gasteiger partial charge in [-0.1, -0.05) is 28.1 Å². The highest BCUT2D eigenvalue weighted by Crippen LogP contribution is 2.41. The molecule has 1 aliphatic rings. The van der Waals surface area contributed by atoms with Gasteiger partial charge in [-0.15, -0.1) is 0 Å². The van der Waals surface area contributed by atoms with E-state index in [1.807, 2.05) is 43.3 Å². The quantitative estimate of drug-likeness (QED) is 0.335. The summed E-state index contributed by atoms with van der Waals surface area (Å²) in [5.41, 5.74) is 1.17. The van der Waals surface area contributed by atoms with Gasteiger partial charge in [0.25, 0.3) is 11.7 Å². The number of carbonyl (C=O) groups is 2. The maximum atomic E-state index is 13.1. The highest BCUT2D eigenvalue weighted by atomic mass is 79.9. The maximum absolute atomic E-state index is 13.1. The van der Waals surface area contributed by atoms with E-state index in [9.17, 15) is 14.7 Å². The van der Waals surface area contributed by atoms with Gasteiger partial charge in [0, 0.05) is 16.6 Å². The molecule has 7 nitrogen and oxygen atoms in total. The van der Waals surface area contributed by atoms with Gasteiger partial charge in [0.1, 0.15) is 5.76 Å². The molecule has 1 heterocycles. The molecular formula is C24H27BrN2O5. The minimum absolute atomic E-state index is 0.0603. The lowest BCUT2D eigenvalue weighted by Crippen LogP contribution is -2.32. The first-order valence-electron chi connectivity index (χ1n) is 10.2. The van der Waals surface area contributed by atoms with Crippen LogP contribution in [-0.2, 0) is 9.59 Å². The molecule has 0 radical (unpaired) electrons. The van der Waals surface area contributed by atoms with E-state index in [-0.39, 0.29) is 11.3 Å². The van der Waals surface area contributed by atoms with Gasteiger partial charge in [-0.05, 0) is 63.0 Å². The number of rotatable bonds is 8. The Labute approximate surface area is 196 Å². The number of ether oxygens (including phenoxy) is 2. The minimum atomic E-state index is -0.702. The van der Waals surface area contributed by atoms with Crippen molar-refractivity contribution in [1.82, 2.24) is 9.80 Å². The summed E-state index contributed by atoms with van der Waals surface area (Å²) in [5, 5.41) is 11.2. The number of likely N-dealkylation sites (tertiary alicyclic amines) is 1. The molecule has 0 saturated carbocycles. The number of hydrogen-bond acceptors (Lipinski definition) is 6. The van der Waals surface area contributed by atoms with E-state index >= 15 is 0 Å². The highest BCUT2D eigenvalue weighted by molar-refractivity contribution is 9.10. The molecule has 0 aliphatic carbocycles. The zero-order chi connectivity index (χ0) is 23.4. The fourth-order valence-corrected chi connectivity index (χ4v) is 4.25. The lowest BCUT2D eigenvalue weighted by atomic mass is 9.95. The number of halogens is 1. The molecular weight excluding hydrogens is 476 g/mol. The van der Waals surface area contributed by atoms with Crippen molar-refractivity contribution in [3.8, 4) is 11.5 Å². The average Bonchev–Trinajstić information content (AvgIpc) is 3.02. The Morgan fingerprint density at radius 3 is 2.44 bits per heavy atom. The lowest BCUT2D eigenvalue weighted by molar-refractivity contribution is -0.139. The molecule has 1 saturated heterocycles. The molecule has 0 unspecified atom stereocenters. The molecule has 1 atom stereocenters. The first kappa shape index (κ1) is 23.8. The summed E-state index contributed by atoms with van der Waals surface area (Å²) in [6.45, 7) is 1.16. The number of Topliss-reactive ketones (excluding diaryl/α,β-unsaturated/α-hetero) is 1. The average molecular weight is 503 g/mol. The molecule has 1 fully saturated rings. The molecule has 1 N–H and O–H groups in total. The summed E-state index contributed by atoms with van der Waals surface area (Å²) in [7, 11) is 6.92. The minimum Gasteiger partial charge on any atom is -0.507 e. The summed E-state index contributed by atoms with van der Waals surface area (Å²) < 4.78 is 11.4. The molecule has 32 heavy (non-hydrogen) atoms. The molecule has 3 rings (SSSR count). The van der Waals surface area contributed by atoms with Crippen LogP contribution in [0.15, 0.2) is 52.5 Å². The van der Waals surface area contributed by atoms with Crippen LogP contribution in [0.4, 0.5) is 0 Å². The van der Waals surface area contributed by atoms with Gasteiger partial charge in [-0.25, -0.2) is 0 Å². The lowest BCUT2D eigenvalue weighted by Gasteiger charge is -2.26. The fraction of sp³-hybridized carbons (Fsp3) is 0.333. The Morgan fingerprint density at radius 2 is 1.81 bits per heavy atom. The van der Waals surface area contributed by atoms with Crippen LogP contribution in [0.25, 0.3) is 5.76 Å². The first-order chi connectivity index (χ1) is 15.3. The molecule has 1 aliphatic heterocycles. The largest absolute Gasteiger partial charge is 0.507 e. The van der Waals surface area contributed by atoms with Crippen molar-refractivity contribution < 1.29 is 24.2 Å². The standard InChI is InChI=1S/C24H27BrN2O5/c1-26(2)11-6-12-27-21(15-7-5-8-17(25)13-15)20(23(29)24(27)30)22(28)16-9-10-18(31-3)19(14-16)32-4/h5,7-10,13-14,21,28H,6,11-12H2,1-4H3/b22-20+/t21-/m1/s1. The summed E-state index contributed by atoms with van der Waals surface area (Å²) in [6.07, 6.45) is 0.695. The van der Waals surface area contributed by atoms with Crippen LogP contribution in [-0.4, -0.2) is 68.0 Å². The number of hydrogen-bond donors (Lipinski definition) is 1. The fourth-order valence-electron chi connectivity index (χ4n) is 3.83. The highest BCUT2D eigenvalue weighted by Gasteiger charge is 2.45. The summed E-state index contributed by atoms with van der Waals surface area (Å²) in [5.74, 6) is -0.653. The van der Waals surface area contributed by atoms with Crippen molar-refractivity contribution in [3.05, 3.63) is 63.6 Å². The third-order valence-electron chi connectivity index (χ3n) is 5.37. The van der Waals surface area contributed by atoms with Crippen LogP contribution in [0.2, 0.25) is 0 Å². The first-order valence-corrected chi connectivity index (χ1v) is 11.0. The third kappa shape index (κ3) is 4.81. The normalized spacial score (nSPS) is 17.8. The molecule has 1 amide bonds. The zero-order valence-electron chi connectivity index (χ0n) is 18.6. The predicted octanol–water partition coefficient (Wildman–Crippen LogP) is 3.84. The van der Waals surface area contributed by atoms with E-state index in [0.29, 0.717) is 30.0 Å². The number of carbonyl (C=O) groups excluding carboxylic acids is 2. The van der Waals surface area contributed by atoms with Crippen LogP contribution in [0.1, 0.15) is 23.6 Å².